The number of amides is 1. The molecule has 0 aliphatic carbocycles. The predicted octanol–water partition coefficient (Wildman–Crippen LogP) is 4.09. The Morgan fingerprint density at radius 2 is 2.15 bits per heavy atom. The van der Waals surface area contributed by atoms with Crippen molar-refractivity contribution in [1.29, 1.82) is 0 Å². The van der Waals surface area contributed by atoms with Crippen LogP contribution in [0.25, 0.3) is 0 Å². The van der Waals surface area contributed by atoms with Crippen LogP contribution in [-0.2, 0) is 4.79 Å². The molecule has 5 nitrogen and oxygen atoms in total. The average Bonchev–Trinajstić information content (AvgIpc) is 2.57. The van der Waals surface area contributed by atoms with Gasteiger partial charge in [-0.2, -0.15) is 0 Å². The Balaban J connectivity index is 0.00000338. The van der Waals surface area contributed by atoms with E-state index in [1.54, 1.807) is 6.07 Å². The van der Waals surface area contributed by atoms with Crippen molar-refractivity contribution in [1.82, 2.24) is 10.2 Å². The van der Waals surface area contributed by atoms with E-state index in [-0.39, 0.29) is 30.7 Å². The summed E-state index contributed by atoms with van der Waals surface area (Å²) in [5.74, 6) is 1.63. The van der Waals surface area contributed by atoms with Gasteiger partial charge in [0.25, 0.3) is 0 Å². The quantitative estimate of drug-likeness (QED) is 0.639. The van der Waals surface area contributed by atoms with Gasteiger partial charge in [-0.05, 0) is 70.1 Å². The molecule has 1 fully saturated rings. The largest absolute Gasteiger partial charge is 0.491 e. The van der Waals surface area contributed by atoms with E-state index in [1.807, 2.05) is 31.1 Å². The minimum absolute atomic E-state index is 0. The molecule has 0 saturated carbocycles. The SMILES string of the molecule is CC(CC(=O)Nc1ccc(OCCN(C)C)c(Cl)c1)C1CCCNC1.Cl.Cl. The van der Waals surface area contributed by atoms with E-state index in [2.05, 4.69) is 17.6 Å². The summed E-state index contributed by atoms with van der Waals surface area (Å²) in [6.07, 6.45) is 2.93. The number of anilines is 1. The van der Waals surface area contributed by atoms with Crippen LogP contribution in [0.4, 0.5) is 5.69 Å². The maximum absolute atomic E-state index is 12.3. The van der Waals surface area contributed by atoms with Gasteiger partial charge < -0.3 is 20.3 Å². The molecule has 0 spiro atoms. The van der Waals surface area contributed by atoms with Crippen LogP contribution >= 0.6 is 36.4 Å². The number of carbonyl (C=O) groups is 1. The maximum atomic E-state index is 12.3. The number of ether oxygens (including phenoxy) is 1. The number of benzene rings is 1. The highest BCUT2D eigenvalue weighted by atomic mass is 35.5. The fourth-order valence-corrected chi connectivity index (χ4v) is 3.30. The third-order valence-electron chi connectivity index (χ3n) is 4.66. The Hall–Kier alpha value is -0.720. The summed E-state index contributed by atoms with van der Waals surface area (Å²) in [6.45, 7) is 5.66. The molecule has 2 unspecified atom stereocenters. The zero-order valence-corrected chi connectivity index (χ0v) is 18.7. The lowest BCUT2D eigenvalue weighted by atomic mass is 9.85. The van der Waals surface area contributed by atoms with E-state index in [0.717, 1.165) is 19.6 Å². The van der Waals surface area contributed by atoms with E-state index in [4.69, 9.17) is 16.3 Å². The lowest BCUT2D eigenvalue weighted by Gasteiger charge is -2.28. The Kier molecular flexibility index (Phi) is 13.1. The topological polar surface area (TPSA) is 53.6 Å². The number of piperidine rings is 1. The first-order valence-corrected chi connectivity index (χ1v) is 9.41. The Labute approximate surface area is 180 Å². The zero-order chi connectivity index (χ0) is 18.2. The first-order valence-electron chi connectivity index (χ1n) is 9.03. The average molecular weight is 441 g/mol. The number of nitrogens with one attached hydrogen (secondary N) is 2. The fourth-order valence-electron chi connectivity index (χ4n) is 3.07. The summed E-state index contributed by atoms with van der Waals surface area (Å²) in [5.41, 5.74) is 0.712. The predicted molar refractivity (Wildman–Crippen MR) is 118 cm³/mol. The summed E-state index contributed by atoms with van der Waals surface area (Å²) in [4.78, 5) is 14.3. The van der Waals surface area contributed by atoms with Gasteiger partial charge in [0.2, 0.25) is 5.91 Å². The van der Waals surface area contributed by atoms with Gasteiger partial charge in [-0.25, -0.2) is 0 Å². The van der Waals surface area contributed by atoms with Gasteiger partial charge in [0, 0.05) is 18.7 Å². The van der Waals surface area contributed by atoms with Gasteiger partial charge in [0.1, 0.15) is 12.4 Å². The highest BCUT2D eigenvalue weighted by Gasteiger charge is 2.22. The minimum Gasteiger partial charge on any atom is -0.491 e. The summed E-state index contributed by atoms with van der Waals surface area (Å²) < 4.78 is 5.66. The molecule has 1 heterocycles. The molecule has 1 aromatic rings. The number of halogens is 3. The fraction of sp³-hybridized carbons (Fsp3) is 0.632. The molecule has 1 saturated heterocycles. The molecule has 2 N–H and O–H groups in total. The lowest BCUT2D eigenvalue weighted by molar-refractivity contribution is -0.117. The van der Waals surface area contributed by atoms with Gasteiger partial charge in [-0.3, -0.25) is 4.79 Å². The summed E-state index contributed by atoms with van der Waals surface area (Å²) in [7, 11) is 3.99. The van der Waals surface area contributed by atoms with Gasteiger partial charge in [0.05, 0.1) is 5.02 Å². The Morgan fingerprint density at radius 3 is 2.74 bits per heavy atom. The molecule has 27 heavy (non-hydrogen) atoms. The van der Waals surface area contributed by atoms with Gasteiger partial charge in [0.15, 0.2) is 0 Å². The van der Waals surface area contributed by atoms with Crippen LogP contribution < -0.4 is 15.4 Å². The van der Waals surface area contributed by atoms with E-state index in [0.29, 0.717) is 41.3 Å². The van der Waals surface area contributed by atoms with Crippen molar-refractivity contribution in [2.75, 3.05) is 45.7 Å². The molecule has 0 radical (unpaired) electrons. The van der Waals surface area contributed by atoms with Crippen molar-refractivity contribution in [3.8, 4) is 5.75 Å². The molecule has 0 bridgehead atoms. The standard InChI is InChI=1S/C19H30ClN3O2.2ClH/c1-14(15-5-4-8-21-13-15)11-19(24)22-16-6-7-18(17(20)12-16)25-10-9-23(2)3;;/h6-7,12,14-15,21H,4-5,8-11,13H2,1-3H3,(H,22,24);2*1H. The molecule has 1 aliphatic rings. The molecule has 0 aromatic heterocycles. The number of carbonyl (C=O) groups excluding carboxylic acids is 1. The molecule has 2 atom stereocenters. The highest BCUT2D eigenvalue weighted by molar-refractivity contribution is 6.32. The smallest absolute Gasteiger partial charge is 0.224 e. The Morgan fingerprint density at radius 1 is 1.41 bits per heavy atom. The molecule has 156 valence electrons. The first-order chi connectivity index (χ1) is 12.0. The van der Waals surface area contributed by atoms with Crippen molar-refractivity contribution in [2.45, 2.75) is 26.2 Å². The van der Waals surface area contributed by atoms with Crippen molar-refractivity contribution in [2.24, 2.45) is 11.8 Å². The van der Waals surface area contributed by atoms with Crippen molar-refractivity contribution < 1.29 is 9.53 Å². The van der Waals surface area contributed by atoms with E-state index < -0.39 is 0 Å². The van der Waals surface area contributed by atoms with Crippen LogP contribution in [0.5, 0.6) is 5.75 Å². The molecule has 1 aliphatic heterocycles. The third kappa shape index (κ3) is 9.35. The maximum Gasteiger partial charge on any atom is 0.224 e. The minimum atomic E-state index is 0. The van der Waals surface area contributed by atoms with Crippen LogP contribution in [0.15, 0.2) is 18.2 Å². The summed E-state index contributed by atoms with van der Waals surface area (Å²) in [5, 5.41) is 6.87. The number of likely N-dealkylation sites (N-methyl/N-ethyl adjacent to an activating group) is 1. The molecule has 2 rings (SSSR count). The van der Waals surface area contributed by atoms with Crippen molar-refractivity contribution >= 4 is 48.0 Å². The second kappa shape index (κ2) is 13.5. The number of hydrogen-bond acceptors (Lipinski definition) is 4. The summed E-state index contributed by atoms with van der Waals surface area (Å²) in [6, 6.07) is 5.39. The first kappa shape index (κ1) is 26.3. The van der Waals surface area contributed by atoms with Gasteiger partial charge in [-0.1, -0.05) is 18.5 Å². The molecule has 1 aromatic carbocycles. The van der Waals surface area contributed by atoms with Gasteiger partial charge >= 0.3 is 0 Å². The number of hydrogen-bond donors (Lipinski definition) is 2. The Bertz CT molecular complexity index is 567. The van der Waals surface area contributed by atoms with E-state index in [1.165, 1.54) is 12.8 Å². The highest BCUT2D eigenvalue weighted by Crippen LogP contribution is 2.28. The number of nitrogens with zero attached hydrogens (tertiary/aromatic N) is 1. The lowest BCUT2D eigenvalue weighted by Crippen LogP contribution is -2.34. The molecule has 8 heteroatoms. The van der Waals surface area contributed by atoms with Crippen LogP contribution in [0.1, 0.15) is 26.2 Å². The molecular weight excluding hydrogens is 409 g/mol. The second-order valence-corrected chi connectivity index (χ2v) is 7.54. The summed E-state index contributed by atoms with van der Waals surface area (Å²) >= 11 is 6.26. The number of rotatable bonds is 8. The van der Waals surface area contributed by atoms with E-state index >= 15 is 0 Å². The second-order valence-electron chi connectivity index (χ2n) is 7.13. The van der Waals surface area contributed by atoms with Crippen LogP contribution in [-0.4, -0.2) is 51.1 Å². The monoisotopic (exact) mass is 439 g/mol. The van der Waals surface area contributed by atoms with E-state index in [9.17, 15) is 4.79 Å². The van der Waals surface area contributed by atoms with Gasteiger partial charge in [-0.15, -0.1) is 24.8 Å². The van der Waals surface area contributed by atoms with Crippen molar-refractivity contribution in [3.63, 3.8) is 0 Å². The van der Waals surface area contributed by atoms with Crippen LogP contribution in [0.2, 0.25) is 5.02 Å². The normalized spacial score (nSPS) is 17.4. The zero-order valence-electron chi connectivity index (χ0n) is 16.3. The molecular formula is C19H32Cl3N3O2. The van der Waals surface area contributed by atoms with Crippen LogP contribution in [0.3, 0.4) is 0 Å². The molecule has 1 amide bonds. The third-order valence-corrected chi connectivity index (χ3v) is 4.95. The van der Waals surface area contributed by atoms with Crippen LogP contribution in [0, 0.1) is 11.8 Å². The van der Waals surface area contributed by atoms with Crippen molar-refractivity contribution in [3.05, 3.63) is 23.2 Å².